The van der Waals surface area contributed by atoms with Crippen LogP contribution in [0.1, 0.15) is 43.0 Å². The molecular weight excluding hydrogens is 300 g/mol. The lowest BCUT2D eigenvalue weighted by Crippen LogP contribution is -2.23. The van der Waals surface area contributed by atoms with Crippen molar-refractivity contribution in [3.63, 3.8) is 0 Å². The van der Waals surface area contributed by atoms with Gasteiger partial charge in [-0.15, -0.1) is 0 Å². The van der Waals surface area contributed by atoms with Gasteiger partial charge in [0.25, 0.3) is 9.05 Å². The summed E-state index contributed by atoms with van der Waals surface area (Å²) in [5, 5.41) is 0. The number of benzene rings is 1. The third-order valence-corrected chi connectivity index (χ3v) is 4.94. The Morgan fingerprint density at radius 1 is 1.25 bits per heavy atom. The first-order valence-electron chi connectivity index (χ1n) is 6.62. The Morgan fingerprint density at radius 2 is 1.90 bits per heavy atom. The van der Waals surface area contributed by atoms with E-state index in [1.165, 1.54) is 24.3 Å². The molecule has 0 radical (unpaired) electrons. The normalized spacial score (nSPS) is 23.3. The van der Waals surface area contributed by atoms with Crippen LogP contribution < -0.4 is 0 Å². The minimum atomic E-state index is -3.83. The highest BCUT2D eigenvalue weighted by Crippen LogP contribution is 2.26. The molecule has 20 heavy (non-hydrogen) atoms. The largest absolute Gasteiger partial charge is 0.459 e. The molecule has 0 heterocycles. The van der Waals surface area contributed by atoms with Crippen molar-refractivity contribution in [3.8, 4) is 0 Å². The van der Waals surface area contributed by atoms with Crippen LogP contribution in [0.3, 0.4) is 0 Å². The number of rotatable bonds is 3. The number of ether oxygens (including phenoxy) is 1. The molecule has 0 aromatic heterocycles. The molecule has 0 bridgehead atoms. The van der Waals surface area contributed by atoms with Crippen molar-refractivity contribution in [2.45, 2.75) is 43.6 Å². The molecule has 2 rings (SSSR count). The van der Waals surface area contributed by atoms with Gasteiger partial charge in [-0.1, -0.05) is 13.0 Å². The molecule has 0 spiro atoms. The molecule has 0 amide bonds. The van der Waals surface area contributed by atoms with Gasteiger partial charge in [0.15, 0.2) is 0 Å². The van der Waals surface area contributed by atoms with Gasteiger partial charge >= 0.3 is 5.97 Å². The van der Waals surface area contributed by atoms with Crippen molar-refractivity contribution in [2.75, 3.05) is 0 Å². The van der Waals surface area contributed by atoms with Crippen molar-refractivity contribution in [1.82, 2.24) is 0 Å². The highest BCUT2D eigenvalue weighted by molar-refractivity contribution is 8.13. The van der Waals surface area contributed by atoms with Gasteiger partial charge in [0, 0.05) is 10.7 Å². The summed E-state index contributed by atoms with van der Waals surface area (Å²) < 4.78 is 27.9. The first kappa shape index (κ1) is 15.3. The van der Waals surface area contributed by atoms with Crippen molar-refractivity contribution >= 4 is 25.7 Å². The van der Waals surface area contributed by atoms with Crippen LogP contribution in [0.2, 0.25) is 0 Å². The van der Waals surface area contributed by atoms with E-state index in [4.69, 9.17) is 15.4 Å². The Labute approximate surface area is 123 Å². The highest BCUT2D eigenvalue weighted by atomic mass is 35.7. The SMILES string of the molecule is CC1CCC(OC(=O)c2cccc(S(=O)(=O)Cl)c2)CC1. The molecule has 0 aliphatic heterocycles. The van der Waals surface area contributed by atoms with E-state index < -0.39 is 15.0 Å². The van der Waals surface area contributed by atoms with Gasteiger partial charge in [-0.05, 0) is 49.8 Å². The molecular formula is C14H17ClO4S. The Balaban J connectivity index is 2.06. The van der Waals surface area contributed by atoms with Gasteiger partial charge in [-0.3, -0.25) is 0 Å². The summed E-state index contributed by atoms with van der Waals surface area (Å²) in [6, 6.07) is 5.60. The average molecular weight is 317 g/mol. The second-order valence-electron chi connectivity index (χ2n) is 5.25. The lowest BCUT2D eigenvalue weighted by molar-refractivity contribution is 0.0173. The zero-order valence-corrected chi connectivity index (χ0v) is 12.8. The van der Waals surface area contributed by atoms with E-state index in [0.717, 1.165) is 25.7 Å². The number of hydrogen-bond acceptors (Lipinski definition) is 4. The predicted molar refractivity (Wildman–Crippen MR) is 76.3 cm³/mol. The number of carbonyl (C=O) groups excluding carboxylic acids is 1. The molecule has 6 heteroatoms. The standard InChI is InChI=1S/C14H17ClO4S/c1-10-5-7-12(8-6-10)19-14(16)11-3-2-4-13(9-11)20(15,17)18/h2-4,9-10,12H,5-8H2,1H3. The van der Waals surface area contributed by atoms with Crippen LogP contribution in [0, 0.1) is 5.92 Å². The summed E-state index contributed by atoms with van der Waals surface area (Å²) in [5.74, 6) is 0.182. The quantitative estimate of drug-likeness (QED) is 0.634. The molecule has 1 aromatic rings. The summed E-state index contributed by atoms with van der Waals surface area (Å²) in [5.41, 5.74) is 0.213. The fraction of sp³-hybridized carbons (Fsp3) is 0.500. The zero-order valence-electron chi connectivity index (χ0n) is 11.2. The van der Waals surface area contributed by atoms with Crippen LogP contribution in [-0.2, 0) is 13.8 Å². The molecule has 0 atom stereocenters. The van der Waals surface area contributed by atoms with Crippen molar-refractivity contribution in [3.05, 3.63) is 29.8 Å². The summed E-state index contributed by atoms with van der Waals surface area (Å²) in [6.45, 7) is 2.19. The Hall–Kier alpha value is -1.07. The zero-order chi connectivity index (χ0) is 14.8. The monoisotopic (exact) mass is 316 g/mol. The van der Waals surface area contributed by atoms with Gasteiger partial charge in [0.05, 0.1) is 10.5 Å². The number of carbonyl (C=O) groups is 1. The van der Waals surface area contributed by atoms with Crippen LogP contribution in [0.15, 0.2) is 29.2 Å². The first-order chi connectivity index (χ1) is 9.36. The maximum atomic E-state index is 12.0. The summed E-state index contributed by atoms with van der Waals surface area (Å²) in [4.78, 5) is 11.9. The van der Waals surface area contributed by atoms with E-state index >= 15 is 0 Å². The van der Waals surface area contributed by atoms with Crippen LogP contribution >= 0.6 is 10.7 Å². The second kappa shape index (κ2) is 6.14. The van der Waals surface area contributed by atoms with E-state index in [2.05, 4.69) is 6.92 Å². The highest BCUT2D eigenvalue weighted by Gasteiger charge is 2.22. The van der Waals surface area contributed by atoms with Gasteiger partial charge in [0.2, 0.25) is 0 Å². The third-order valence-electron chi connectivity index (χ3n) is 3.59. The van der Waals surface area contributed by atoms with E-state index in [9.17, 15) is 13.2 Å². The lowest BCUT2D eigenvalue weighted by atomic mass is 9.89. The number of esters is 1. The van der Waals surface area contributed by atoms with Crippen molar-refractivity contribution in [2.24, 2.45) is 5.92 Å². The first-order valence-corrected chi connectivity index (χ1v) is 8.93. The van der Waals surface area contributed by atoms with Gasteiger partial charge < -0.3 is 4.74 Å². The van der Waals surface area contributed by atoms with Gasteiger partial charge in [-0.2, -0.15) is 0 Å². The molecule has 1 aliphatic rings. The molecule has 1 aliphatic carbocycles. The predicted octanol–water partition coefficient (Wildman–Crippen LogP) is 3.35. The van der Waals surface area contributed by atoms with Crippen LogP contribution in [0.25, 0.3) is 0 Å². The molecule has 0 N–H and O–H groups in total. The minimum Gasteiger partial charge on any atom is -0.459 e. The summed E-state index contributed by atoms with van der Waals surface area (Å²) in [6.07, 6.45) is 3.75. The second-order valence-corrected chi connectivity index (χ2v) is 7.82. The summed E-state index contributed by atoms with van der Waals surface area (Å²) >= 11 is 0. The fourth-order valence-electron chi connectivity index (χ4n) is 2.34. The Kier molecular flexibility index (Phi) is 4.70. The smallest absolute Gasteiger partial charge is 0.338 e. The van der Waals surface area contributed by atoms with Crippen LogP contribution in [0.5, 0.6) is 0 Å². The maximum Gasteiger partial charge on any atom is 0.338 e. The number of halogens is 1. The third kappa shape index (κ3) is 3.96. The van der Waals surface area contributed by atoms with E-state index in [1.807, 2.05) is 0 Å². The Bertz CT molecular complexity index is 589. The average Bonchev–Trinajstić information content (AvgIpc) is 2.40. The van der Waals surface area contributed by atoms with Crippen molar-refractivity contribution < 1.29 is 17.9 Å². The molecule has 1 fully saturated rings. The molecule has 1 aromatic carbocycles. The van der Waals surface area contributed by atoms with E-state index in [-0.39, 0.29) is 16.6 Å². The minimum absolute atomic E-state index is 0.0741. The van der Waals surface area contributed by atoms with Gasteiger partial charge in [0.1, 0.15) is 6.10 Å². The summed E-state index contributed by atoms with van der Waals surface area (Å²) in [7, 11) is 1.43. The Morgan fingerprint density at radius 3 is 2.50 bits per heavy atom. The molecule has 110 valence electrons. The lowest BCUT2D eigenvalue weighted by Gasteiger charge is -2.26. The van der Waals surface area contributed by atoms with Gasteiger partial charge in [-0.25, -0.2) is 13.2 Å². The fourth-order valence-corrected chi connectivity index (χ4v) is 3.14. The molecule has 1 saturated carbocycles. The molecule has 0 saturated heterocycles. The van der Waals surface area contributed by atoms with E-state index in [1.54, 1.807) is 0 Å². The molecule has 0 unspecified atom stereocenters. The molecule has 4 nitrogen and oxygen atoms in total. The van der Waals surface area contributed by atoms with Crippen LogP contribution in [-0.4, -0.2) is 20.5 Å². The topological polar surface area (TPSA) is 60.4 Å². The maximum absolute atomic E-state index is 12.0. The van der Waals surface area contributed by atoms with E-state index in [0.29, 0.717) is 5.92 Å². The van der Waals surface area contributed by atoms with Crippen molar-refractivity contribution in [1.29, 1.82) is 0 Å². The number of hydrogen-bond donors (Lipinski definition) is 0. The van der Waals surface area contributed by atoms with Crippen LogP contribution in [0.4, 0.5) is 0 Å².